The van der Waals surface area contributed by atoms with Gasteiger partial charge in [-0.25, -0.2) is 0 Å². The largest absolute Gasteiger partial charge is 0.508 e. The monoisotopic (exact) mass is 482 g/mol. The van der Waals surface area contributed by atoms with Crippen molar-refractivity contribution in [3.05, 3.63) is 101 Å². The van der Waals surface area contributed by atoms with Gasteiger partial charge in [-0.15, -0.1) is 0 Å². The molecule has 0 spiro atoms. The number of phenolic OH excluding ortho intramolecular Hbond substituents is 1. The smallest absolute Gasteiger partial charge is 0.295 e. The van der Waals surface area contributed by atoms with Crippen molar-refractivity contribution in [3.63, 3.8) is 0 Å². The first-order valence-corrected chi connectivity index (χ1v) is 11.7. The van der Waals surface area contributed by atoms with Crippen molar-refractivity contribution < 1.29 is 24.5 Å². The number of amides is 1. The number of carbonyl (C=O) groups excluding carboxylic acids is 2. The second kappa shape index (κ2) is 9.26. The Kier molecular flexibility index (Phi) is 5.98. The van der Waals surface area contributed by atoms with Crippen LogP contribution in [0.25, 0.3) is 16.7 Å². The molecule has 3 aromatic carbocycles. The van der Waals surface area contributed by atoms with Crippen LogP contribution < -0.4 is 4.74 Å². The van der Waals surface area contributed by atoms with E-state index in [9.17, 15) is 19.8 Å². The molecule has 0 bridgehead atoms. The van der Waals surface area contributed by atoms with Crippen molar-refractivity contribution in [3.8, 4) is 11.5 Å². The number of aliphatic hydroxyl groups excluding tert-OH is 1. The number of carbonyl (C=O) groups is 2. The molecule has 182 valence electrons. The van der Waals surface area contributed by atoms with Crippen molar-refractivity contribution in [2.45, 2.75) is 19.4 Å². The van der Waals surface area contributed by atoms with E-state index in [1.807, 2.05) is 43.5 Å². The van der Waals surface area contributed by atoms with Gasteiger partial charge in [0.2, 0.25) is 0 Å². The van der Waals surface area contributed by atoms with Gasteiger partial charge in [0, 0.05) is 29.2 Å². The molecule has 1 aliphatic rings. The average Bonchev–Trinajstić information content (AvgIpc) is 3.40. The van der Waals surface area contributed by atoms with E-state index in [1.54, 1.807) is 31.4 Å². The molecular formula is C29H26N2O5. The molecule has 1 atom stereocenters. The summed E-state index contributed by atoms with van der Waals surface area (Å²) >= 11 is 0. The summed E-state index contributed by atoms with van der Waals surface area (Å²) in [4.78, 5) is 31.2. The Hall–Kier alpha value is -4.52. The highest BCUT2D eigenvalue weighted by atomic mass is 16.5. The zero-order chi connectivity index (χ0) is 25.4. The number of aromatic amines is 1. The van der Waals surface area contributed by atoms with Gasteiger partial charge >= 0.3 is 0 Å². The van der Waals surface area contributed by atoms with E-state index < -0.39 is 17.7 Å². The second-order valence-electron chi connectivity index (χ2n) is 8.93. The fraction of sp³-hybridized carbons (Fsp3) is 0.172. The van der Waals surface area contributed by atoms with E-state index in [0.717, 1.165) is 27.8 Å². The lowest BCUT2D eigenvalue weighted by Crippen LogP contribution is -2.31. The van der Waals surface area contributed by atoms with Crippen LogP contribution in [-0.4, -0.2) is 45.4 Å². The number of rotatable bonds is 6. The molecule has 2 heterocycles. The van der Waals surface area contributed by atoms with Gasteiger partial charge in [-0.3, -0.25) is 9.59 Å². The number of methoxy groups -OCH3 is 1. The Morgan fingerprint density at radius 3 is 2.56 bits per heavy atom. The number of fused-ring (bicyclic) bond motifs is 1. The van der Waals surface area contributed by atoms with Crippen molar-refractivity contribution in [1.82, 2.24) is 9.88 Å². The minimum absolute atomic E-state index is 0.00930. The van der Waals surface area contributed by atoms with Crippen LogP contribution >= 0.6 is 0 Å². The molecule has 1 saturated heterocycles. The number of hydrogen-bond acceptors (Lipinski definition) is 5. The average molecular weight is 483 g/mol. The Bertz CT molecular complexity index is 1500. The maximum atomic E-state index is 13.2. The van der Waals surface area contributed by atoms with E-state index in [4.69, 9.17) is 4.74 Å². The van der Waals surface area contributed by atoms with Gasteiger partial charge in [0.25, 0.3) is 11.7 Å². The molecule has 1 amide bonds. The van der Waals surface area contributed by atoms with E-state index in [2.05, 4.69) is 4.98 Å². The highest BCUT2D eigenvalue weighted by Gasteiger charge is 2.46. The number of aryl methyl sites for hydroxylation is 1. The number of phenols is 1. The van der Waals surface area contributed by atoms with Gasteiger partial charge < -0.3 is 24.8 Å². The summed E-state index contributed by atoms with van der Waals surface area (Å²) in [6, 6.07) is 18.4. The Balaban J connectivity index is 1.56. The van der Waals surface area contributed by atoms with Crippen LogP contribution in [-0.2, 0) is 16.0 Å². The molecule has 4 aromatic rings. The van der Waals surface area contributed by atoms with Gasteiger partial charge in [0.15, 0.2) is 0 Å². The van der Waals surface area contributed by atoms with Crippen molar-refractivity contribution in [1.29, 1.82) is 0 Å². The van der Waals surface area contributed by atoms with Crippen molar-refractivity contribution >= 4 is 28.4 Å². The molecule has 36 heavy (non-hydrogen) atoms. The summed E-state index contributed by atoms with van der Waals surface area (Å²) in [5.41, 5.74) is 3.92. The number of likely N-dealkylation sites (tertiary alicyclic amines) is 1. The zero-order valence-corrected chi connectivity index (χ0v) is 20.0. The quantitative estimate of drug-likeness (QED) is 0.207. The lowest BCUT2D eigenvalue weighted by Gasteiger charge is -2.25. The third-order valence-corrected chi connectivity index (χ3v) is 6.65. The fourth-order valence-electron chi connectivity index (χ4n) is 4.75. The molecule has 5 rings (SSSR count). The van der Waals surface area contributed by atoms with Crippen molar-refractivity contribution in [2.24, 2.45) is 0 Å². The van der Waals surface area contributed by atoms with Crippen LogP contribution in [0, 0.1) is 6.92 Å². The van der Waals surface area contributed by atoms with Gasteiger partial charge in [-0.05, 0) is 54.8 Å². The van der Waals surface area contributed by atoms with E-state index >= 15 is 0 Å². The fourth-order valence-corrected chi connectivity index (χ4v) is 4.75. The predicted molar refractivity (Wildman–Crippen MR) is 137 cm³/mol. The Morgan fingerprint density at radius 1 is 1.06 bits per heavy atom. The second-order valence-corrected chi connectivity index (χ2v) is 8.93. The molecule has 7 nitrogen and oxygen atoms in total. The number of ether oxygens (including phenoxy) is 1. The normalized spacial score (nSPS) is 17.2. The number of aromatic nitrogens is 1. The molecule has 0 radical (unpaired) electrons. The van der Waals surface area contributed by atoms with Crippen LogP contribution in [0.2, 0.25) is 0 Å². The standard InChI is InChI=1S/C29H26N2O5/c1-17-6-8-18(9-7-17)27(33)25-26(19-4-3-5-21(32)14-19)31(29(35)28(25)34)13-12-20-16-30-24-11-10-22(36-2)15-23(20)24/h3-11,14-16,26,30,32-33H,12-13H2,1-2H3/t26-/m0/s1. The summed E-state index contributed by atoms with van der Waals surface area (Å²) in [6.45, 7) is 2.16. The highest BCUT2D eigenvalue weighted by molar-refractivity contribution is 6.46. The predicted octanol–water partition coefficient (Wildman–Crippen LogP) is 4.85. The first-order valence-electron chi connectivity index (χ1n) is 11.7. The molecule has 1 fully saturated rings. The maximum absolute atomic E-state index is 13.2. The number of nitrogens with zero attached hydrogens (tertiary/aromatic N) is 1. The van der Waals surface area contributed by atoms with Crippen LogP contribution in [0.15, 0.2) is 78.5 Å². The van der Waals surface area contributed by atoms with Crippen LogP contribution in [0.5, 0.6) is 11.5 Å². The maximum Gasteiger partial charge on any atom is 0.295 e. The van der Waals surface area contributed by atoms with E-state index in [1.165, 1.54) is 17.0 Å². The first kappa shape index (κ1) is 23.2. The molecule has 1 aromatic heterocycles. The topological polar surface area (TPSA) is 103 Å². The summed E-state index contributed by atoms with van der Waals surface area (Å²) in [7, 11) is 1.61. The minimum atomic E-state index is -0.835. The lowest BCUT2D eigenvalue weighted by atomic mass is 9.94. The zero-order valence-electron chi connectivity index (χ0n) is 20.0. The number of benzene rings is 3. The summed E-state index contributed by atoms with van der Waals surface area (Å²) < 4.78 is 5.35. The number of nitrogens with one attached hydrogen (secondary N) is 1. The number of H-pyrrole nitrogens is 1. The molecule has 3 N–H and O–H groups in total. The number of hydrogen-bond donors (Lipinski definition) is 3. The van der Waals surface area contributed by atoms with Gasteiger partial charge in [0.1, 0.15) is 17.3 Å². The summed E-state index contributed by atoms with van der Waals surface area (Å²) in [5.74, 6) is -0.934. The molecule has 1 aliphatic heterocycles. The summed E-state index contributed by atoms with van der Waals surface area (Å²) in [6.07, 6.45) is 2.36. The number of aliphatic hydroxyl groups is 1. The minimum Gasteiger partial charge on any atom is -0.508 e. The molecular weight excluding hydrogens is 456 g/mol. The molecule has 0 saturated carbocycles. The molecule has 0 aliphatic carbocycles. The van der Waals surface area contributed by atoms with Crippen LogP contribution in [0.3, 0.4) is 0 Å². The third kappa shape index (κ3) is 4.09. The molecule has 0 unspecified atom stereocenters. The van der Waals surface area contributed by atoms with Crippen molar-refractivity contribution in [2.75, 3.05) is 13.7 Å². The highest BCUT2D eigenvalue weighted by Crippen LogP contribution is 2.40. The lowest BCUT2D eigenvalue weighted by molar-refractivity contribution is -0.139. The van der Waals surface area contributed by atoms with E-state index in [-0.39, 0.29) is 23.6 Å². The number of Topliss-reactive ketones (excluding diaryl/α,β-unsaturated/α-hetero) is 1. The Labute approximate surface area is 208 Å². The summed E-state index contributed by atoms with van der Waals surface area (Å²) in [5, 5.41) is 22.3. The third-order valence-electron chi connectivity index (χ3n) is 6.65. The molecule has 7 heteroatoms. The van der Waals surface area contributed by atoms with Crippen LogP contribution in [0.4, 0.5) is 0 Å². The number of aromatic hydroxyl groups is 1. The van der Waals surface area contributed by atoms with Gasteiger partial charge in [0.05, 0.1) is 18.7 Å². The van der Waals surface area contributed by atoms with E-state index in [0.29, 0.717) is 17.5 Å². The number of ketones is 1. The van der Waals surface area contributed by atoms with Gasteiger partial charge in [-0.2, -0.15) is 0 Å². The first-order chi connectivity index (χ1) is 17.4. The van der Waals surface area contributed by atoms with Crippen LogP contribution in [0.1, 0.15) is 28.3 Å². The SMILES string of the molecule is COc1ccc2[nH]cc(CCN3C(=O)C(=O)C(=C(O)c4ccc(C)cc4)[C@@H]3c3cccc(O)c3)c2c1. The Morgan fingerprint density at radius 2 is 1.83 bits per heavy atom. The van der Waals surface area contributed by atoms with Gasteiger partial charge in [-0.1, -0.05) is 42.0 Å².